The minimum Gasteiger partial charge on any atom is -0.399 e. The number of nitrogen functional groups attached to an aromatic ring is 1. The van der Waals surface area contributed by atoms with Crippen molar-refractivity contribution in [2.45, 2.75) is 12.8 Å². The Bertz CT molecular complexity index is 564. The molecule has 2 N–H and O–H groups in total. The van der Waals surface area contributed by atoms with Gasteiger partial charge >= 0.3 is 0 Å². The quantitative estimate of drug-likeness (QED) is 0.846. The average Bonchev–Trinajstić information content (AvgIpc) is 2.95. The van der Waals surface area contributed by atoms with E-state index in [2.05, 4.69) is 21.1 Å². The molecule has 0 amide bonds. The zero-order valence-electron chi connectivity index (χ0n) is 11.3. The Kier molecular flexibility index (Phi) is 3.83. The summed E-state index contributed by atoms with van der Waals surface area (Å²) in [4.78, 5) is 6.51. The van der Waals surface area contributed by atoms with E-state index in [4.69, 9.17) is 15.0 Å². The Labute approximate surface area is 117 Å². The zero-order chi connectivity index (χ0) is 13.8. The van der Waals surface area contributed by atoms with Crippen molar-refractivity contribution >= 4 is 11.6 Å². The maximum Gasteiger partial charge on any atom is 0.266 e. The number of morpholine rings is 1. The number of benzene rings is 1. The van der Waals surface area contributed by atoms with E-state index in [1.54, 1.807) is 0 Å². The van der Waals surface area contributed by atoms with Gasteiger partial charge in [-0.3, -0.25) is 0 Å². The van der Waals surface area contributed by atoms with Crippen molar-refractivity contribution in [1.29, 1.82) is 0 Å². The number of rotatable bonds is 4. The fraction of sp³-hybridized carbons (Fsp3) is 0.429. The lowest BCUT2D eigenvalue weighted by Gasteiger charge is -2.24. The molecule has 106 valence electrons. The molecule has 1 aromatic carbocycles. The van der Waals surface area contributed by atoms with Gasteiger partial charge in [0.1, 0.15) is 0 Å². The first-order valence-corrected chi connectivity index (χ1v) is 6.81. The van der Waals surface area contributed by atoms with Gasteiger partial charge in [-0.2, -0.15) is 4.98 Å². The molecule has 0 atom stereocenters. The van der Waals surface area contributed by atoms with Gasteiger partial charge in [-0.1, -0.05) is 12.1 Å². The molecule has 0 bridgehead atoms. The minimum absolute atomic E-state index is 0.661. The topological polar surface area (TPSA) is 77.4 Å². The van der Waals surface area contributed by atoms with Crippen LogP contribution in [0.4, 0.5) is 11.6 Å². The van der Waals surface area contributed by atoms with Gasteiger partial charge in [0.25, 0.3) is 5.95 Å². The van der Waals surface area contributed by atoms with Crippen LogP contribution in [0.15, 0.2) is 28.8 Å². The van der Waals surface area contributed by atoms with Crippen LogP contribution in [-0.4, -0.2) is 36.4 Å². The lowest BCUT2D eigenvalue weighted by Crippen LogP contribution is -2.36. The maximum atomic E-state index is 5.76. The predicted octanol–water partition coefficient (Wildman–Crippen LogP) is 1.27. The van der Waals surface area contributed by atoms with Crippen LogP contribution in [0.1, 0.15) is 11.5 Å². The molecule has 0 aliphatic carbocycles. The molecule has 1 saturated heterocycles. The Balaban J connectivity index is 1.59. The molecule has 0 unspecified atom stereocenters. The van der Waals surface area contributed by atoms with Gasteiger partial charge in [-0.05, 0) is 29.3 Å². The molecule has 0 saturated carbocycles. The standard InChI is InChI=1S/C14H18N4O2/c15-12-3-1-2-11(10-12)4-5-13-16-14(17-20-13)18-6-8-19-9-7-18/h1-3,10H,4-9,15H2. The average molecular weight is 274 g/mol. The van der Waals surface area contributed by atoms with Gasteiger partial charge in [-0.15, -0.1) is 0 Å². The molecule has 0 radical (unpaired) electrons. The van der Waals surface area contributed by atoms with Crippen LogP contribution in [0.2, 0.25) is 0 Å². The summed E-state index contributed by atoms with van der Waals surface area (Å²) in [6.07, 6.45) is 1.57. The second-order valence-electron chi connectivity index (χ2n) is 4.83. The number of hydrogen-bond acceptors (Lipinski definition) is 6. The lowest BCUT2D eigenvalue weighted by atomic mass is 10.1. The number of nitrogens with two attached hydrogens (primary N) is 1. The number of anilines is 2. The summed E-state index contributed by atoms with van der Waals surface area (Å²) in [5.74, 6) is 1.32. The van der Waals surface area contributed by atoms with E-state index < -0.39 is 0 Å². The summed E-state index contributed by atoms with van der Waals surface area (Å²) in [5.41, 5.74) is 7.72. The highest BCUT2D eigenvalue weighted by Crippen LogP contribution is 2.14. The molecule has 6 heteroatoms. The normalized spacial score (nSPS) is 15.5. The maximum absolute atomic E-state index is 5.76. The van der Waals surface area contributed by atoms with E-state index in [0.29, 0.717) is 25.1 Å². The highest BCUT2D eigenvalue weighted by molar-refractivity contribution is 5.40. The largest absolute Gasteiger partial charge is 0.399 e. The zero-order valence-corrected chi connectivity index (χ0v) is 11.3. The molecular formula is C14H18N4O2. The van der Waals surface area contributed by atoms with E-state index in [1.165, 1.54) is 5.56 Å². The van der Waals surface area contributed by atoms with Crippen molar-refractivity contribution < 1.29 is 9.26 Å². The van der Waals surface area contributed by atoms with E-state index in [-0.39, 0.29) is 0 Å². The van der Waals surface area contributed by atoms with Gasteiger partial charge in [0.15, 0.2) is 0 Å². The SMILES string of the molecule is Nc1cccc(CCc2nc(N3CCOCC3)no2)c1. The molecular weight excluding hydrogens is 256 g/mol. The van der Waals surface area contributed by atoms with Crippen LogP contribution < -0.4 is 10.6 Å². The van der Waals surface area contributed by atoms with Gasteiger partial charge in [0.2, 0.25) is 5.89 Å². The molecule has 20 heavy (non-hydrogen) atoms. The molecule has 0 spiro atoms. The fourth-order valence-corrected chi connectivity index (χ4v) is 2.24. The van der Waals surface area contributed by atoms with Crippen molar-refractivity contribution in [2.75, 3.05) is 36.9 Å². The summed E-state index contributed by atoms with van der Waals surface area (Å²) in [5, 5.41) is 4.03. The molecule has 1 aromatic heterocycles. The second-order valence-corrected chi connectivity index (χ2v) is 4.83. The molecule has 2 heterocycles. The smallest absolute Gasteiger partial charge is 0.266 e. The summed E-state index contributed by atoms with van der Waals surface area (Å²) in [7, 11) is 0. The summed E-state index contributed by atoms with van der Waals surface area (Å²) in [6, 6.07) is 7.86. The number of ether oxygens (including phenoxy) is 1. The van der Waals surface area contributed by atoms with E-state index >= 15 is 0 Å². The molecule has 2 aromatic rings. The number of hydrogen-bond donors (Lipinski definition) is 1. The van der Waals surface area contributed by atoms with Gasteiger partial charge in [-0.25, -0.2) is 0 Å². The Morgan fingerprint density at radius 1 is 1.20 bits per heavy atom. The monoisotopic (exact) mass is 274 g/mol. The highest BCUT2D eigenvalue weighted by atomic mass is 16.5. The Morgan fingerprint density at radius 3 is 2.85 bits per heavy atom. The predicted molar refractivity (Wildman–Crippen MR) is 75.6 cm³/mol. The van der Waals surface area contributed by atoms with E-state index in [0.717, 1.165) is 31.6 Å². The third kappa shape index (κ3) is 3.08. The molecule has 3 rings (SSSR count). The first-order valence-electron chi connectivity index (χ1n) is 6.81. The summed E-state index contributed by atoms with van der Waals surface area (Å²) < 4.78 is 10.6. The van der Waals surface area contributed by atoms with Crippen LogP contribution in [0.3, 0.4) is 0 Å². The van der Waals surface area contributed by atoms with Gasteiger partial charge < -0.3 is 19.9 Å². The summed E-state index contributed by atoms with van der Waals surface area (Å²) >= 11 is 0. The second kappa shape index (κ2) is 5.92. The van der Waals surface area contributed by atoms with Crippen molar-refractivity contribution in [3.05, 3.63) is 35.7 Å². The van der Waals surface area contributed by atoms with Crippen molar-refractivity contribution in [1.82, 2.24) is 10.1 Å². The molecule has 1 fully saturated rings. The summed E-state index contributed by atoms with van der Waals surface area (Å²) in [6.45, 7) is 3.06. The third-order valence-electron chi connectivity index (χ3n) is 3.33. The highest BCUT2D eigenvalue weighted by Gasteiger charge is 2.16. The fourth-order valence-electron chi connectivity index (χ4n) is 2.24. The third-order valence-corrected chi connectivity index (χ3v) is 3.33. The number of aromatic nitrogens is 2. The van der Waals surface area contributed by atoms with Gasteiger partial charge in [0, 0.05) is 25.2 Å². The van der Waals surface area contributed by atoms with Crippen molar-refractivity contribution in [3.8, 4) is 0 Å². The number of nitrogens with zero attached hydrogens (tertiary/aromatic N) is 3. The first-order chi connectivity index (χ1) is 9.81. The van der Waals surface area contributed by atoms with Crippen molar-refractivity contribution in [3.63, 3.8) is 0 Å². The molecule has 6 nitrogen and oxygen atoms in total. The van der Waals surface area contributed by atoms with Crippen LogP contribution >= 0.6 is 0 Å². The number of aryl methyl sites for hydroxylation is 2. The Morgan fingerprint density at radius 2 is 2.05 bits per heavy atom. The van der Waals surface area contributed by atoms with Crippen LogP contribution in [0, 0.1) is 0 Å². The molecule has 1 aliphatic rings. The van der Waals surface area contributed by atoms with Crippen LogP contribution in [0.25, 0.3) is 0 Å². The van der Waals surface area contributed by atoms with Gasteiger partial charge in [0.05, 0.1) is 13.2 Å². The van der Waals surface area contributed by atoms with Crippen LogP contribution in [-0.2, 0) is 17.6 Å². The minimum atomic E-state index is 0.661. The lowest BCUT2D eigenvalue weighted by molar-refractivity contribution is 0.121. The van der Waals surface area contributed by atoms with E-state index in [9.17, 15) is 0 Å². The first kappa shape index (κ1) is 12.9. The van der Waals surface area contributed by atoms with Crippen molar-refractivity contribution in [2.24, 2.45) is 0 Å². The molecule has 1 aliphatic heterocycles. The van der Waals surface area contributed by atoms with Crippen LogP contribution in [0.5, 0.6) is 0 Å². The Hall–Kier alpha value is -2.08. The van der Waals surface area contributed by atoms with E-state index in [1.807, 2.05) is 18.2 Å².